The summed E-state index contributed by atoms with van der Waals surface area (Å²) in [6, 6.07) is 8.24. The maximum Gasteiger partial charge on any atom is 0.241 e. The molecule has 104 valence electrons. The third-order valence-corrected chi connectivity index (χ3v) is 4.24. The van der Waals surface area contributed by atoms with Crippen LogP contribution in [0, 0.1) is 5.92 Å². The highest BCUT2D eigenvalue weighted by atomic mass is 16.2. The second kappa shape index (κ2) is 6.20. The largest absolute Gasteiger partial charge is 0.352 e. The van der Waals surface area contributed by atoms with Crippen LogP contribution in [0.3, 0.4) is 0 Å². The number of fused-ring (bicyclic) bond motifs is 1. The van der Waals surface area contributed by atoms with Gasteiger partial charge in [0.1, 0.15) is 6.04 Å². The van der Waals surface area contributed by atoms with Gasteiger partial charge in [-0.05, 0) is 30.4 Å². The van der Waals surface area contributed by atoms with E-state index in [2.05, 4.69) is 43.5 Å². The predicted octanol–water partition coefficient (Wildman–Crippen LogP) is 2.42. The zero-order chi connectivity index (χ0) is 13.8. The summed E-state index contributed by atoms with van der Waals surface area (Å²) in [4.78, 5) is 12.4. The van der Waals surface area contributed by atoms with E-state index >= 15 is 0 Å². The first-order chi connectivity index (χ1) is 9.13. The number of nitrogens with one attached hydrogen (secondary N) is 2. The number of carbonyl (C=O) groups excluding carboxylic acids is 1. The monoisotopic (exact) mass is 260 g/mol. The number of amides is 1. The topological polar surface area (TPSA) is 41.1 Å². The molecule has 3 unspecified atom stereocenters. The molecule has 19 heavy (non-hydrogen) atoms. The minimum Gasteiger partial charge on any atom is -0.352 e. The van der Waals surface area contributed by atoms with E-state index in [1.54, 1.807) is 0 Å². The molecule has 0 bridgehead atoms. The van der Waals surface area contributed by atoms with Crippen molar-refractivity contribution in [1.29, 1.82) is 0 Å². The van der Waals surface area contributed by atoms with E-state index in [-0.39, 0.29) is 18.0 Å². The van der Waals surface area contributed by atoms with Gasteiger partial charge in [0.05, 0.1) is 0 Å². The van der Waals surface area contributed by atoms with E-state index in [4.69, 9.17) is 0 Å². The standard InChI is InChI=1S/C16H24N2O/c1-4-11(2)12(3)18-16(19)15-14-8-6-5-7-13(14)9-10-17-15/h5-8,11-12,15,17H,4,9-10H2,1-3H3,(H,18,19). The second-order valence-electron chi connectivity index (χ2n) is 5.52. The SMILES string of the molecule is CCC(C)C(C)NC(=O)C1NCCc2ccccc21. The molecule has 1 heterocycles. The summed E-state index contributed by atoms with van der Waals surface area (Å²) < 4.78 is 0. The summed E-state index contributed by atoms with van der Waals surface area (Å²) in [5.74, 6) is 0.600. The van der Waals surface area contributed by atoms with Gasteiger partial charge in [-0.25, -0.2) is 0 Å². The zero-order valence-corrected chi connectivity index (χ0v) is 12.1. The molecule has 0 saturated heterocycles. The van der Waals surface area contributed by atoms with E-state index in [1.807, 2.05) is 12.1 Å². The summed E-state index contributed by atoms with van der Waals surface area (Å²) in [5.41, 5.74) is 2.42. The molecule has 0 aromatic heterocycles. The van der Waals surface area contributed by atoms with Gasteiger partial charge in [0.25, 0.3) is 0 Å². The molecule has 3 nitrogen and oxygen atoms in total. The van der Waals surface area contributed by atoms with Crippen molar-refractivity contribution < 1.29 is 4.79 Å². The van der Waals surface area contributed by atoms with Gasteiger partial charge in [-0.2, -0.15) is 0 Å². The highest BCUT2D eigenvalue weighted by Gasteiger charge is 2.27. The minimum atomic E-state index is -0.198. The Morgan fingerprint density at radius 1 is 1.42 bits per heavy atom. The van der Waals surface area contributed by atoms with Crippen LogP contribution in [-0.4, -0.2) is 18.5 Å². The van der Waals surface area contributed by atoms with Gasteiger partial charge in [0, 0.05) is 12.6 Å². The van der Waals surface area contributed by atoms with Crippen LogP contribution >= 0.6 is 0 Å². The Morgan fingerprint density at radius 2 is 2.16 bits per heavy atom. The molecule has 0 spiro atoms. The second-order valence-corrected chi connectivity index (χ2v) is 5.52. The quantitative estimate of drug-likeness (QED) is 0.873. The van der Waals surface area contributed by atoms with Crippen LogP contribution in [0.15, 0.2) is 24.3 Å². The maximum atomic E-state index is 12.4. The third kappa shape index (κ3) is 3.16. The Hall–Kier alpha value is -1.35. The van der Waals surface area contributed by atoms with E-state index in [9.17, 15) is 4.79 Å². The summed E-state index contributed by atoms with van der Waals surface area (Å²) in [5, 5.41) is 6.47. The van der Waals surface area contributed by atoms with Gasteiger partial charge in [-0.3, -0.25) is 4.79 Å². The van der Waals surface area contributed by atoms with Crippen LogP contribution in [0.4, 0.5) is 0 Å². The Balaban J connectivity index is 2.09. The molecule has 0 saturated carbocycles. The van der Waals surface area contributed by atoms with E-state index < -0.39 is 0 Å². The zero-order valence-electron chi connectivity index (χ0n) is 12.1. The van der Waals surface area contributed by atoms with Crippen LogP contribution in [-0.2, 0) is 11.2 Å². The molecule has 0 fully saturated rings. The molecule has 2 rings (SSSR count). The van der Waals surface area contributed by atoms with Crippen molar-refractivity contribution in [3.63, 3.8) is 0 Å². The van der Waals surface area contributed by atoms with E-state index in [0.717, 1.165) is 24.9 Å². The first-order valence-electron chi connectivity index (χ1n) is 7.25. The molecule has 1 aliphatic heterocycles. The number of benzene rings is 1. The minimum absolute atomic E-state index is 0.0972. The first kappa shape index (κ1) is 14.1. The van der Waals surface area contributed by atoms with Crippen LogP contribution in [0.5, 0.6) is 0 Å². The van der Waals surface area contributed by atoms with Gasteiger partial charge < -0.3 is 10.6 Å². The lowest BCUT2D eigenvalue weighted by atomic mass is 9.93. The van der Waals surface area contributed by atoms with Crippen molar-refractivity contribution in [3.05, 3.63) is 35.4 Å². The smallest absolute Gasteiger partial charge is 0.241 e. The number of hydrogen-bond donors (Lipinski definition) is 2. The fourth-order valence-corrected chi connectivity index (χ4v) is 2.54. The van der Waals surface area contributed by atoms with Crippen molar-refractivity contribution in [1.82, 2.24) is 10.6 Å². The van der Waals surface area contributed by atoms with Gasteiger partial charge >= 0.3 is 0 Å². The summed E-state index contributed by atoms with van der Waals surface area (Å²) >= 11 is 0. The molecule has 0 aliphatic carbocycles. The molecule has 1 amide bonds. The van der Waals surface area contributed by atoms with Gasteiger partial charge in [-0.15, -0.1) is 0 Å². The fourth-order valence-electron chi connectivity index (χ4n) is 2.54. The summed E-state index contributed by atoms with van der Waals surface area (Å²) in [6.07, 6.45) is 2.08. The lowest BCUT2D eigenvalue weighted by molar-refractivity contribution is -0.124. The Bertz CT molecular complexity index is 444. The Morgan fingerprint density at radius 3 is 2.89 bits per heavy atom. The maximum absolute atomic E-state index is 12.4. The van der Waals surface area contributed by atoms with Crippen LogP contribution in [0.2, 0.25) is 0 Å². The van der Waals surface area contributed by atoms with Gasteiger partial charge in [-0.1, -0.05) is 44.5 Å². The van der Waals surface area contributed by atoms with Crippen LogP contribution in [0.1, 0.15) is 44.4 Å². The molecule has 1 aromatic carbocycles. The normalized spacial score (nSPS) is 21.3. The third-order valence-electron chi connectivity index (χ3n) is 4.24. The van der Waals surface area contributed by atoms with E-state index in [1.165, 1.54) is 5.56 Å². The molecular formula is C16H24N2O. The van der Waals surface area contributed by atoms with Crippen molar-refractivity contribution in [2.24, 2.45) is 5.92 Å². The Labute approximate surface area is 115 Å². The highest BCUT2D eigenvalue weighted by molar-refractivity contribution is 5.84. The van der Waals surface area contributed by atoms with Crippen LogP contribution < -0.4 is 10.6 Å². The van der Waals surface area contributed by atoms with Crippen molar-refractivity contribution in [2.75, 3.05) is 6.54 Å². The predicted molar refractivity (Wildman–Crippen MR) is 77.9 cm³/mol. The molecular weight excluding hydrogens is 236 g/mol. The number of hydrogen-bond acceptors (Lipinski definition) is 2. The summed E-state index contributed by atoms with van der Waals surface area (Å²) in [6.45, 7) is 7.28. The molecule has 3 heteroatoms. The lowest BCUT2D eigenvalue weighted by Gasteiger charge is -2.28. The van der Waals surface area contributed by atoms with Gasteiger partial charge in [0.15, 0.2) is 0 Å². The average molecular weight is 260 g/mol. The van der Waals surface area contributed by atoms with Crippen molar-refractivity contribution >= 4 is 5.91 Å². The highest BCUT2D eigenvalue weighted by Crippen LogP contribution is 2.23. The molecule has 1 aromatic rings. The number of rotatable bonds is 4. The molecule has 0 radical (unpaired) electrons. The van der Waals surface area contributed by atoms with Crippen molar-refractivity contribution in [2.45, 2.75) is 45.7 Å². The van der Waals surface area contributed by atoms with E-state index in [0.29, 0.717) is 5.92 Å². The molecule has 3 atom stereocenters. The molecule has 1 aliphatic rings. The lowest BCUT2D eigenvalue weighted by Crippen LogP contribution is -2.46. The fraction of sp³-hybridized carbons (Fsp3) is 0.562. The van der Waals surface area contributed by atoms with Crippen LogP contribution in [0.25, 0.3) is 0 Å². The average Bonchev–Trinajstić information content (AvgIpc) is 2.45. The first-order valence-corrected chi connectivity index (χ1v) is 7.25. The van der Waals surface area contributed by atoms with Gasteiger partial charge in [0.2, 0.25) is 5.91 Å². The van der Waals surface area contributed by atoms with Crippen molar-refractivity contribution in [3.8, 4) is 0 Å². The Kier molecular flexibility index (Phi) is 4.59. The summed E-state index contributed by atoms with van der Waals surface area (Å²) in [7, 11) is 0. The molecule has 2 N–H and O–H groups in total. The number of carbonyl (C=O) groups is 1.